The zero-order chi connectivity index (χ0) is 24.3. The molecule has 4 aromatic rings. The normalized spacial score (nSPS) is 13.2. The summed E-state index contributed by atoms with van der Waals surface area (Å²) in [6.45, 7) is 0.284. The number of nitrogens with one attached hydrogen (secondary N) is 1. The molecule has 174 valence electrons. The van der Waals surface area contributed by atoms with Gasteiger partial charge in [-0.3, -0.25) is 4.79 Å². The van der Waals surface area contributed by atoms with E-state index in [-0.39, 0.29) is 48.4 Å². The van der Waals surface area contributed by atoms with Crippen LogP contribution in [0.1, 0.15) is 39.9 Å². The molecule has 1 heterocycles. The van der Waals surface area contributed by atoms with Crippen LogP contribution in [0.25, 0.3) is 16.8 Å². The van der Waals surface area contributed by atoms with E-state index in [0.29, 0.717) is 12.0 Å². The number of rotatable bonds is 7. The molecule has 0 aliphatic carbocycles. The van der Waals surface area contributed by atoms with Gasteiger partial charge in [-0.1, -0.05) is 72.8 Å². The third kappa shape index (κ3) is 5.09. The second kappa shape index (κ2) is 11.1. The number of hydrogen-bond acceptors (Lipinski definition) is 4. The minimum absolute atomic E-state index is 0. The van der Waals surface area contributed by atoms with Crippen molar-refractivity contribution in [2.24, 2.45) is 0 Å². The maximum absolute atomic E-state index is 12.5. The molecule has 1 amide bonds. The molecule has 5 rings (SSSR count). The molecule has 0 saturated carbocycles. The van der Waals surface area contributed by atoms with Crippen LogP contribution in [-0.4, -0.2) is 18.4 Å². The van der Waals surface area contributed by atoms with Crippen LogP contribution in [0.15, 0.2) is 97.1 Å². The SMILES string of the molecule is O=C([O-])CCCNC(=O)c1ccc2c3c(ccc2c1)OC(c1ccccc1)(c1ccccc1)C=C3.[Na+]. The molecule has 0 aromatic heterocycles. The number of benzene rings is 4. The zero-order valence-electron chi connectivity index (χ0n) is 20.1. The minimum Gasteiger partial charge on any atom is -0.550 e. The second-order valence-electron chi connectivity index (χ2n) is 8.55. The van der Waals surface area contributed by atoms with Gasteiger partial charge in [-0.25, -0.2) is 0 Å². The fraction of sp³-hybridized carbons (Fsp3) is 0.133. The molecule has 0 bridgehead atoms. The Balaban J connectivity index is 0.00000304. The number of carboxylic acid groups (broad SMARTS) is 1. The molecule has 5 nitrogen and oxygen atoms in total. The molecule has 0 radical (unpaired) electrons. The number of fused-ring (bicyclic) bond motifs is 3. The fourth-order valence-corrected chi connectivity index (χ4v) is 4.53. The first kappa shape index (κ1) is 25.7. The van der Waals surface area contributed by atoms with Crippen molar-refractivity contribution >= 4 is 28.7 Å². The summed E-state index contributed by atoms with van der Waals surface area (Å²) in [5.74, 6) is -0.581. The van der Waals surface area contributed by atoms with Crippen LogP contribution in [-0.2, 0) is 10.4 Å². The molecule has 0 saturated heterocycles. The van der Waals surface area contributed by atoms with Gasteiger partial charge in [0, 0.05) is 34.8 Å². The van der Waals surface area contributed by atoms with Gasteiger partial charge in [-0.15, -0.1) is 0 Å². The van der Waals surface area contributed by atoms with Gasteiger partial charge in [0.15, 0.2) is 5.60 Å². The molecular formula is C30H24NNaO4. The molecule has 0 unspecified atom stereocenters. The standard InChI is InChI=1S/C30H25NO4.Na/c32-28(33)12-7-19-31-29(34)22-13-15-25-21(20-22)14-16-27-26(25)17-18-30(35-27,23-8-3-1-4-9-23)24-10-5-2-6-11-24;/h1-6,8-11,13-18,20H,7,12,19H2,(H,31,34)(H,32,33);/q;+1/p-1. The van der Waals surface area contributed by atoms with Crippen molar-refractivity contribution in [1.29, 1.82) is 0 Å². The Kier molecular flexibility index (Phi) is 7.94. The molecular weight excluding hydrogens is 461 g/mol. The van der Waals surface area contributed by atoms with E-state index >= 15 is 0 Å². The Bertz CT molecular complexity index is 1380. The number of carbonyl (C=O) groups excluding carboxylic acids is 2. The van der Waals surface area contributed by atoms with E-state index in [1.807, 2.05) is 60.7 Å². The van der Waals surface area contributed by atoms with E-state index in [4.69, 9.17) is 4.74 Å². The predicted octanol–water partition coefficient (Wildman–Crippen LogP) is 1.45. The minimum atomic E-state index is -1.12. The van der Waals surface area contributed by atoms with E-state index in [1.54, 1.807) is 6.07 Å². The average Bonchev–Trinajstić information content (AvgIpc) is 2.91. The van der Waals surface area contributed by atoms with Crippen LogP contribution in [0, 0.1) is 0 Å². The predicted molar refractivity (Wildman–Crippen MR) is 134 cm³/mol. The van der Waals surface area contributed by atoms with Gasteiger partial charge in [0.2, 0.25) is 0 Å². The van der Waals surface area contributed by atoms with E-state index in [0.717, 1.165) is 33.2 Å². The third-order valence-electron chi connectivity index (χ3n) is 6.29. The van der Waals surface area contributed by atoms with Crippen molar-refractivity contribution in [3.8, 4) is 5.75 Å². The fourth-order valence-electron chi connectivity index (χ4n) is 4.53. The first-order valence-electron chi connectivity index (χ1n) is 11.6. The van der Waals surface area contributed by atoms with Crippen molar-refractivity contribution in [3.63, 3.8) is 0 Å². The van der Waals surface area contributed by atoms with Gasteiger partial charge in [0.25, 0.3) is 5.91 Å². The molecule has 0 spiro atoms. The van der Waals surface area contributed by atoms with E-state index in [2.05, 4.69) is 41.7 Å². The van der Waals surface area contributed by atoms with Crippen LogP contribution < -0.4 is 44.7 Å². The number of amides is 1. The van der Waals surface area contributed by atoms with Gasteiger partial charge in [-0.2, -0.15) is 0 Å². The molecule has 36 heavy (non-hydrogen) atoms. The van der Waals surface area contributed by atoms with Gasteiger partial charge < -0.3 is 20.0 Å². The maximum Gasteiger partial charge on any atom is 1.00 e. The number of hydrogen-bond donors (Lipinski definition) is 1. The number of carboxylic acids is 1. The average molecular weight is 486 g/mol. The molecule has 4 aromatic carbocycles. The zero-order valence-corrected chi connectivity index (χ0v) is 22.1. The molecule has 1 aliphatic heterocycles. The van der Waals surface area contributed by atoms with Crippen molar-refractivity contribution in [1.82, 2.24) is 5.32 Å². The summed E-state index contributed by atoms with van der Waals surface area (Å²) in [4.78, 5) is 23.0. The topological polar surface area (TPSA) is 78.5 Å². The summed E-state index contributed by atoms with van der Waals surface area (Å²) >= 11 is 0. The van der Waals surface area contributed by atoms with Crippen molar-refractivity contribution in [2.75, 3.05) is 6.54 Å². The van der Waals surface area contributed by atoms with Crippen LogP contribution in [0.4, 0.5) is 0 Å². The molecule has 0 atom stereocenters. The summed E-state index contributed by atoms with van der Waals surface area (Å²) in [6, 6.07) is 29.8. The molecule has 0 fully saturated rings. The number of aliphatic carboxylic acids is 1. The summed E-state index contributed by atoms with van der Waals surface area (Å²) in [7, 11) is 0. The van der Waals surface area contributed by atoms with Gasteiger partial charge >= 0.3 is 29.6 Å². The Labute approximate surface area is 232 Å². The van der Waals surface area contributed by atoms with Crippen LogP contribution >= 0.6 is 0 Å². The molecule has 6 heteroatoms. The Morgan fingerprint density at radius 2 is 1.53 bits per heavy atom. The molecule has 1 N–H and O–H groups in total. The first-order valence-corrected chi connectivity index (χ1v) is 11.6. The largest absolute Gasteiger partial charge is 1.00 e. The van der Waals surface area contributed by atoms with Crippen LogP contribution in [0.2, 0.25) is 0 Å². The van der Waals surface area contributed by atoms with Crippen LogP contribution in [0.3, 0.4) is 0 Å². The van der Waals surface area contributed by atoms with Gasteiger partial charge in [-0.05, 0) is 54.0 Å². The van der Waals surface area contributed by atoms with Crippen molar-refractivity contribution < 1.29 is 49.0 Å². The third-order valence-corrected chi connectivity index (χ3v) is 6.29. The van der Waals surface area contributed by atoms with Gasteiger partial charge in [0.1, 0.15) is 5.75 Å². The number of ether oxygens (including phenoxy) is 1. The summed E-state index contributed by atoms with van der Waals surface area (Å²) in [5, 5.41) is 15.2. The van der Waals surface area contributed by atoms with Crippen molar-refractivity contribution in [2.45, 2.75) is 18.4 Å². The van der Waals surface area contributed by atoms with Crippen molar-refractivity contribution in [3.05, 3.63) is 119 Å². The Morgan fingerprint density at radius 3 is 2.17 bits per heavy atom. The van der Waals surface area contributed by atoms with E-state index in [1.165, 1.54) is 0 Å². The summed E-state index contributed by atoms with van der Waals surface area (Å²) in [5.41, 5.74) is 2.83. The first-order chi connectivity index (χ1) is 17.1. The van der Waals surface area contributed by atoms with Crippen LogP contribution in [0.5, 0.6) is 5.75 Å². The Morgan fingerprint density at radius 1 is 0.861 bits per heavy atom. The van der Waals surface area contributed by atoms with Gasteiger partial charge in [0.05, 0.1) is 0 Å². The summed E-state index contributed by atoms with van der Waals surface area (Å²) < 4.78 is 6.74. The summed E-state index contributed by atoms with van der Waals surface area (Å²) in [6.07, 6.45) is 4.45. The van der Waals surface area contributed by atoms with E-state index in [9.17, 15) is 14.7 Å². The number of carbonyl (C=O) groups is 2. The maximum atomic E-state index is 12.5. The smallest absolute Gasteiger partial charge is 0.550 e. The molecule has 1 aliphatic rings. The Hall–Kier alpha value is -3.38. The quantitative estimate of drug-likeness (QED) is 0.318. The van der Waals surface area contributed by atoms with E-state index < -0.39 is 11.6 Å². The second-order valence-corrected chi connectivity index (χ2v) is 8.55. The monoisotopic (exact) mass is 485 g/mol.